The van der Waals surface area contributed by atoms with Gasteiger partial charge >= 0.3 is 5.69 Å². The number of carbonyl (C=O) groups excluding carboxylic acids is 1. The summed E-state index contributed by atoms with van der Waals surface area (Å²) in [7, 11) is 1.53. The molecule has 0 aliphatic heterocycles. The molecule has 0 radical (unpaired) electrons. The number of aldehydes is 1. The summed E-state index contributed by atoms with van der Waals surface area (Å²) in [4.78, 5) is 27.9. The molecule has 0 aliphatic carbocycles. The number of hydrogen-bond donors (Lipinski definition) is 1. The number of aromatic amines is 1. The lowest BCUT2D eigenvalue weighted by Gasteiger charge is -2.02. The maximum Gasteiger partial charge on any atom is 0.346 e. The van der Waals surface area contributed by atoms with Crippen molar-refractivity contribution in [3.05, 3.63) is 34.4 Å². The number of aromatic nitrogens is 2. The first-order valence-electron chi connectivity index (χ1n) is 4.28. The first-order chi connectivity index (χ1) is 7.24. The van der Waals surface area contributed by atoms with Gasteiger partial charge < -0.3 is 9.72 Å². The van der Waals surface area contributed by atoms with E-state index in [0.29, 0.717) is 22.9 Å². The Balaban J connectivity index is 2.85. The van der Waals surface area contributed by atoms with E-state index in [1.54, 1.807) is 18.2 Å². The van der Waals surface area contributed by atoms with Gasteiger partial charge in [0.1, 0.15) is 5.75 Å². The van der Waals surface area contributed by atoms with E-state index in [4.69, 9.17) is 4.74 Å². The zero-order valence-electron chi connectivity index (χ0n) is 7.98. The minimum absolute atomic E-state index is 0.212. The van der Waals surface area contributed by atoms with E-state index >= 15 is 0 Å². The van der Waals surface area contributed by atoms with Crippen LogP contribution in [0.5, 0.6) is 5.75 Å². The molecule has 15 heavy (non-hydrogen) atoms. The molecule has 0 spiro atoms. The van der Waals surface area contributed by atoms with E-state index < -0.39 is 5.69 Å². The van der Waals surface area contributed by atoms with Gasteiger partial charge in [0, 0.05) is 5.39 Å². The third-order valence-electron chi connectivity index (χ3n) is 2.08. The first-order valence-corrected chi connectivity index (χ1v) is 4.28. The van der Waals surface area contributed by atoms with Gasteiger partial charge in [0.05, 0.1) is 18.3 Å². The van der Waals surface area contributed by atoms with Crippen molar-refractivity contribution in [3.63, 3.8) is 0 Å². The van der Waals surface area contributed by atoms with Crippen LogP contribution >= 0.6 is 0 Å². The van der Waals surface area contributed by atoms with Gasteiger partial charge in [-0.05, 0) is 18.2 Å². The highest BCUT2D eigenvalue weighted by molar-refractivity contribution is 5.94. The van der Waals surface area contributed by atoms with Gasteiger partial charge in [0.15, 0.2) is 6.29 Å². The Kier molecular flexibility index (Phi) is 2.21. The second-order valence-corrected chi connectivity index (χ2v) is 2.96. The highest BCUT2D eigenvalue weighted by Crippen LogP contribution is 2.19. The number of H-pyrrole nitrogens is 1. The summed E-state index contributed by atoms with van der Waals surface area (Å²) in [5, 5.41) is 0.573. The molecule has 5 nitrogen and oxygen atoms in total. The Bertz CT molecular complexity index is 574. The number of hydrogen-bond acceptors (Lipinski definition) is 4. The summed E-state index contributed by atoms with van der Waals surface area (Å²) in [6.45, 7) is 0. The van der Waals surface area contributed by atoms with Gasteiger partial charge in [0.2, 0.25) is 0 Å². The molecule has 0 atom stereocenters. The maximum atomic E-state index is 11.1. The van der Waals surface area contributed by atoms with Crippen LogP contribution < -0.4 is 10.4 Å². The van der Waals surface area contributed by atoms with Crippen molar-refractivity contribution in [2.45, 2.75) is 0 Å². The van der Waals surface area contributed by atoms with Crippen molar-refractivity contribution in [1.29, 1.82) is 0 Å². The largest absolute Gasteiger partial charge is 0.497 e. The fourth-order valence-electron chi connectivity index (χ4n) is 1.37. The summed E-state index contributed by atoms with van der Waals surface area (Å²) in [6, 6.07) is 4.97. The Labute approximate surface area is 84.7 Å². The van der Waals surface area contributed by atoms with Crippen LogP contribution in [-0.4, -0.2) is 23.4 Å². The van der Waals surface area contributed by atoms with Crippen molar-refractivity contribution in [2.24, 2.45) is 0 Å². The third-order valence-corrected chi connectivity index (χ3v) is 2.08. The molecule has 0 saturated carbocycles. The molecule has 0 saturated heterocycles. The van der Waals surface area contributed by atoms with Gasteiger partial charge in [0.25, 0.3) is 0 Å². The normalized spacial score (nSPS) is 10.2. The van der Waals surface area contributed by atoms with E-state index in [2.05, 4.69) is 9.97 Å². The molecule has 0 amide bonds. The number of carbonyl (C=O) groups is 1. The molecule has 2 rings (SSSR count). The standard InChI is InChI=1S/C10H8N2O3/c1-15-6-2-3-8-7(4-6)9(5-13)12-10(14)11-8/h2-5H,1H3,(H,11,12,14). The van der Waals surface area contributed by atoms with Gasteiger partial charge in [-0.2, -0.15) is 4.98 Å². The average Bonchev–Trinajstić information content (AvgIpc) is 2.27. The van der Waals surface area contributed by atoms with Crippen molar-refractivity contribution < 1.29 is 9.53 Å². The van der Waals surface area contributed by atoms with Crippen molar-refractivity contribution in [1.82, 2.24) is 9.97 Å². The van der Waals surface area contributed by atoms with E-state index in [-0.39, 0.29) is 5.69 Å². The van der Waals surface area contributed by atoms with Crippen LogP contribution in [0, 0.1) is 0 Å². The monoisotopic (exact) mass is 204 g/mol. The average molecular weight is 204 g/mol. The number of ether oxygens (including phenoxy) is 1. The minimum atomic E-state index is -0.533. The van der Waals surface area contributed by atoms with Crippen LogP contribution in [0.4, 0.5) is 0 Å². The SMILES string of the molecule is COc1ccc2nc(=O)[nH]c(C=O)c2c1. The Hall–Kier alpha value is -2.17. The third kappa shape index (κ3) is 1.59. The topological polar surface area (TPSA) is 72.0 Å². The molecule has 2 aromatic rings. The fourth-order valence-corrected chi connectivity index (χ4v) is 1.37. The number of nitrogens with one attached hydrogen (secondary N) is 1. The van der Waals surface area contributed by atoms with E-state index in [9.17, 15) is 9.59 Å². The second-order valence-electron chi connectivity index (χ2n) is 2.96. The number of fused-ring (bicyclic) bond motifs is 1. The molecular formula is C10H8N2O3. The number of rotatable bonds is 2. The van der Waals surface area contributed by atoms with Gasteiger partial charge in [-0.15, -0.1) is 0 Å². The molecule has 5 heteroatoms. The van der Waals surface area contributed by atoms with Crippen LogP contribution in [0.3, 0.4) is 0 Å². The number of nitrogens with zero attached hydrogens (tertiary/aromatic N) is 1. The Morgan fingerprint density at radius 1 is 1.47 bits per heavy atom. The molecule has 1 N–H and O–H groups in total. The lowest BCUT2D eigenvalue weighted by atomic mass is 10.2. The number of methoxy groups -OCH3 is 1. The predicted octanol–water partition coefficient (Wildman–Crippen LogP) is 0.744. The van der Waals surface area contributed by atoms with Crippen LogP contribution in [0.25, 0.3) is 10.9 Å². The van der Waals surface area contributed by atoms with Crippen LogP contribution in [-0.2, 0) is 0 Å². The molecular weight excluding hydrogens is 196 g/mol. The predicted molar refractivity (Wildman–Crippen MR) is 54.3 cm³/mol. The zero-order chi connectivity index (χ0) is 10.8. The summed E-state index contributed by atoms with van der Waals surface area (Å²) in [6.07, 6.45) is 0.588. The fraction of sp³-hybridized carbons (Fsp3) is 0.100. The molecule has 1 aromatic carbocycles. The van der Waals surface area contributed by atoms with Gasteiger partial charge in [-0.1, -0.05) is 0 Å². The lowest BCUT2D eigenvalue weighted by molar-refractivity contribution is 0.112. The van der Waals surface area contributed by atoms with Crippen molar-refractivity contribution in [2.75, 3.05) is 7.11 Å². The molecule has 0 aliphatic rings. The van der Waals surface area contributed by atoms with Gasteiger partial charge in [-0.25, -0.2) is 4.79 Å². The van der Waals surface area contributed by atoms with E-state index in [1.165, 1.54) is 7.11 Å². The molecule has 0 bridgehead atoms. The lowest BCUT2D eigenvalue weighted by Crippen LogP contribution is -2.12. The maximum absolute atomic E-state index is 11.1. The summed E-state index contributed by atoms with van der Waals surface area (Å²) in [5.74, 6) is 0.611. The molecule has 0 unspecified atom stereocenters. The molecule has 76 valence electrons. The van der Waals surface area contributed by atoms with E-state index in [0.717, 1.165) is 0 Å². The molecule has 1 aromatic heterocycles. The quantitative estimate of drug-likeness (QED) is 0.732. The highest BCUT2D eigenvalue weighted by atomic mass is 16.5. The number of benzene rings is 1. The Morgan fingerprint density at radius 2 is 2.27 bits per heavy atom. The summed E-state index contributed by atoms with van der Waals surface area (Å²) in [5.41, 5.74) is 0.153. The van der Waals surface area contributed by atoms with Crippen LogP contribution in [0.15, 0.2) is 23.0 Å². The zero-order valence-corrected chi connectivity index (χ0v) is 7.98. The van der Waals surface area contributed by atoms with Crippen molar-refractivity contribution in [3.8, 4) is 5.75 Å². The summed E-state index contributed by atoms with van der Waals surface area (Å²) < 4.78 is 5.02. The second kappa shape index (κ2) is 3.53. The molecule has 1 heterocycles. The Morgan fingerprint density at radius 3 is 2.93 bits per heavy atom. The first kappa shape index (κ1) is 9.39. The van der Waals surface area contributed by atoms with E-state index in [1.807, 2.05) is 0 Å². The highest BCUT2D eigenvalue weighted by Gasteiger charge is 2.04. The summed E-state index contributed by atoms with van der Waals surface area (Å²) >= 11 is 0. The van der Waals surface area contributed by atoms with Crippen LogP contribution in [0.1, 0.15) is 10.5 Å². The van der Waals surface area contributed by atoms with Gasteiger partial charge in [-0.3, -0.25) is 4.79 Å². The molecule has 0 fully saturated rings. The van der Waals surface area contributed by atoms with Crippen molar-refractivity contribution >= 4 is 17.2 Å². The smallest absolute Gasteiger partial charge is 0.346 e. The van der Waals surface area contributed by atoms with Crippen LogP contribution in [0.2, 0.25) is 0 Å². The minimum Gasteiger partial charge on any atom is -0.497 e.